The van der Waals surface area contributed by atoms with Crippen LogP contribution in [0.1, 0.15) is 117 Å². The summed E-state index contributed by atoms with van der Waals surface area (Å²) in [6, 6.07) is 16.3. The molecule has 5 aliphatic carbocycles. The Kier molecular flexibility index (Phi) is 9.65. The van der Waals surface area contributed by atoms with Gasteiger partial charge in [0.05, 0.1) is 6.10 Å². The number of ether oxygens (including phenoxy) is 2. The maximum absolute atomic E-state index is 13.0. The van der Waals surface area contributed by atoms with E-state index in [4.69, 9.17) is 20.9 Å². The van der Waals surface area contributed by atoms with E-state index < -0.39 is 0 Å². The van der Waals surface area contributed by atoms with Crippen molar-refractivity contribution in [1.82, 2.24) is 5.32 Å². The van der Waals surface area contributed by atoms with Crippen molar-refractivity contribution in [2.24, 2.45) is 46.3 Å². The summed E-state index contributed by atoms with van der Waals surface area (Å²) < 4.78 is 13.6. The van der Waals surface area contributed by atoms with Crippen molar-refractivity contribution in [1.29, 1.82) is 0 Å². The zero-order valence-electron chi connectivity index (χ0n) is 29.8. The van der Waals surface area contributed by atoms with Crippen molar-refractivity contribution in [2.45, 2.75) is 135 Å². The molecular weight excluding hydrogens is 594 g/mol. The van der Waals surface area contributed by atoms with Gasteiger partial charge in [0.15, 0.2) is 0 Å². The molecule has 0 spiro atoms. The molecule has 2 aromatic carbocycles. The molecule has 0 aliphatic heterocycles. The average molecular weight is 656 g/mol. The predicted octanol–water partition coefficient (Wildman–Crippen LogP) is 9.18. The molecule has 3 unspecified atom stereocenters. The topological polar surface area (TPSA) is 99.6 Å². The summed E-state index contributed by atoms with van der Waals surface area (Å²) in [7, 11) is 0. The average Bonchev–Trinajstić information content (AvgIpc) is 3.42. The van der Waals surface area contributed by atoms with E-state index in [2.05, 4.69) is 32.2 Å². The minimum atomic E-state index is 0.132. The van der Waals surface area contributed by atoms with Crippen LogP contribution in [0.5, 0.6) is 11.5 Å². The molecule has 5 N–H and O–H groups in total. The molecule has 5 fully saturated rings. The first-order chi connectivity index (χ1) is 23.1. The normalized spacial score (nSPS) is 37.0. The van der Waals surface area contributed by atoms with E-state index >= 15 is 0 Å². The molecule has 0 heterocycles. The monoisotopic (exact) mass is 655 g/mol. The summed E-state index contributed by atoms with van der Waals surface area (Å²) in [4.78, 5) is 13.0. The third kappa shape index (κ3) is 6.66. The highest BCUT2D eigenvalue weighted by Crippen LogP contribution is 2.68. The van der Waals surface area contributed by atoms with Gasteiger partial charge in [0.25, 0.3) is 0 Å². The van der Waals surface area contributed by atoms with Gasteiger partial charge in [-0.05, 0) is 135 Å². The Labute approximate surface area is 289 Å². The number of fused-ring (bicyclic) bond motifs is 5. The summed E-state index contributed by atoms with van der Waals surface area (Å²) in [6.07, 6.45) is 17.7. The number of rotatable bonds is 9. The first kappa shape index (κ1) is 33.6. The van der Waals surface area contributed by atoms with Crippen LogP contribution in [0.3, 0.4) is 0 Å². The molecule has 7 rings (SSSR count). The van der Waals surface area contributed by atoms with Crippen LogP contribution < -0.4 is 26.3 Å². The molecule has 6 nitrogen and oxygen atoms in total. The van der Waals surface area contributed by atoms with E-state index in [1.54, 1.807) is 0 Å². The van der Waals surface area contributed by atoms with Crippen LogP contribution >= 0.6 is 0 Å². The van der Waals surface area contributed by atoms with Crippen LogP contribution in [-0.4, -0.2) is 24.2 Å². The van der Waals surface area contributed by atoms with Gasteiger partial charge in [-0.15, -0.1) is 0 Å². The maximum Gasteiger partial charge on any atom is 0.220 e. The number of amides is 1. The van der Waals surface area contributed by atoms with Crippen molar-refractivity contribution < 1.29 is 14.3 Å². The van der Waals surface area contributed by atoms with E-state index in [0.717, 1.165) is 61.4 Å². The van der Waals surface area contributed by atoms with Crippen LogP contribution in [0, 0.1) is 46.3 Å². The lowest BCUT2D eigenvalue weighted by Gasteiger charge is -2.63. The highest BCUT2D eigenvalue weighted by atomic mass is 16.5. The van der Waals surface area contributed by atoms with Gasteiger partial charge < -0.3 is 26.3 Å². The van der Waals surface area contributed by atoms with Crippen LogP contribution in [0.4, 0.5) is 11.4 Å². The Hall–Kier alpha value is -2.89. The minimum absolute atomic E-state index is 0.132. The Balaban J connectivity index is 1.07. The van der Waals surface area contributed by atoms with Crippen LogP contribution in [0.2, 0.25) is 0 Å². The third-order valence-corrected chi connectivity index (χ3v) is 14.5. The number of carbonyl (C=O) groups is 1. The fourth-order valence-corrected chi connectivity index (χ4v) is 12.1. The smallest absolute Gasteiger partial charge is 0.220 e. The van der Waals surface area contributed by atoms with Gasteiger partial charge in [0.2, 0.25) is 5.91 Å². The molecule has 48 heavy (non-hydrogen) atoms. The largest absolute Gasteiger partial charge is 0.490 e. The number of hydrogen-bond acceptors (Lipinski definition) is 5. The molecule has 0 aromatic heterocycles. The SMILES string of the molecule is C[C@H](CCC(=O)NC1CCCCC1)[C@H]1CC[C@H]2[C@@H]3CC(Oc4cccc(N)c4)C4CC(Oc5cccc(N)c5)CC[C@]4(C)[C@H]3CC[C@]12C. The molecule has 0 bridgehead atoms. The fourth-order valence-electron chi connectivity index (χ4n) is 12.1. The van der Waals surface area contributed by atoms with Crippen LogP contribution in [0.15, 0.2) is 48.5 Å². The number of carbonyl (C=O) groups excluding carboxylic acids is 1. The lowest BCUT2D eigenvalue weighted by Crippen LogP contribution is -2.59. The molecular formula is C42H61N3O3. The molecule has 1 amide bonds. The van der Waals surface area contributed by atoms with Crippen LogP contribution in [-0.2, 0) is 4.79 Å². The van der Waals surface area contributed by atoms with E-state index in [0.29, 0.717) is 53.4 Å². The second kappa shape index (κ2) is 13.8. The lowest BCUT2D eigenvalue weighted by molar-refractivity contribution is -0.164. The molecule has 5 aliphatic rings. The number of nitrogen functional groups attached to an aromatic ring is 2. The van der Waals surface area contributed by atoms with E-state index in [9.17, 15) is 4.79 Å². The van der Waals surface area contributed by atoms with Crippen molar-refractivity contribution >= 4 is 17.3 Å². The predicted molar refractivity (Wildman–Crippen MR) is 195 cm³/mol. The van der Waals surface area contributed by atoms with Gasteiger partial charge in [0, 0.05) is 41.9 Å². The van der Waals surface area contributed by atoms with Gasteiger partial charge in [-0.1, -0.05) is 52.2 Å². The van der Waals surface area contributed by atoms with Gasteiger partial charge in [-0.25, -0.2) is 0 Å². The Morgan fingerprint density at radius 3 is 2.19 bits per heavy atom. The van der Waals surface area contributed by atoms with E-state index in [1.165, 1.54) is 51.4 Å². The molecule has 0 radical (unpaired) electrons. The quantitative estimate of drug-likeness (QED) is 0.234. The molecule has 262 valence electrons. The Morgan fingerprint density at radius 1 is 0.812 bits per heavy atom. The molecule has 10 atom stereocenters. The summed E-state index contributed by atoms with van der Waals surface area (Å²) in [5, 5.41) is 3.37. The van der Waals surface area contributed by atoms with Gasteiger partial charge in [0.1, 0.15) is 17.6 Å². The summed E-state index contributed by atoms with van der Waals surface area (Å²) in [6.45, 7) is 7.68. The van der Waals surface area contributed by atoms with E-state index in [-0.39, 0.29) is 23.5 Å². The summed E-state index contributed by atoms with van der Waals surface area (Å²) >= 11 is 0. The first-order valence-corrected chi connectivity index (χ1v) is 19.5. The zero-order chi connectivity index (χ0) is 33.5. The number of nitrogens with two attached hydrogens (primary N) is 2. The maximum atomic E-state index is 13.0. The second-order valence-corrected chi connectivity index (χ2v) is 17.2. The third-order valence-electron chi connectivity index (χ3n) is 14.5. The lowest BCUT2D eigenvalue weighted by atomic mass is 9.43. The second-order valence-electron chi connectivity index (χ2n) is 17.2. The number of nitrogens with one attached hydrogen (secondary N) is 1. The van der Waals surface area contributed by atoms with Gasteiger partial charge in [-0.2, -0.15) is 0 Å². The highest BCUT2D eigenvalue weighted by Gasteiger charge is 2.63. The minimum Gasteiger partial charge on any atom is -0.490 e. The molecule has 6 heteroatoms. The van der Waals surface area contributed by atoms with E-state index in [1.807, 2.05) is 42.5 Å². The highest BCUT2D eigenvalue weighted by molar-refractivity contribution is 5.76. The Morgan fingerprint density at radius 2 is 1.48 bits per heavy atom. The molecule has 2 aromatic rings. The number of hydrogen-bond donors (Lipinski definition) is 3. The molecule has 5 saturated carbocycles. The standard InChI is InChI=1S/C42H61N3O3/c1-27(15-18-40(46)45-30-11-5-4-6-12-30)35-16-17-36-34-26-39(48-32-14-8-10-29(44)24-32)38-25-33(47-31-13-7-9-28(43)23-31)19-21-42(38,3)37(34)20-22-41(35,36)2/h7-10,13-14,23-24,27,30,33-39H,4-6,11-12,15-22,25-26,43-44H2,1-3H3,(H,45,46)/t27-,33?,34+,35-,36+,37+,38?,39?,41-,42-/m1/s1. The number of anilines is 2. The van der Waals surface area contributed by atoms with Gasteiger partial charge in [-0.3, -0.25) is 4.79 Å². The van der Waals surface area contributed by atoms with Crippen molar-refractivity contribution in [3.8, 4) is 11.5 Å². The summed E-state index contributed by atoms with van der Waals surface area (Å²) in [5.41, 5.74) is 14.4. The van der Waals surface area contributed by atoms with Crippen molar-refractivity contribution in [3.05, 3.63) is 48.5 Å². The number of benzene rings is 2. The Bertz CT molecular complexity index is 1420. The zero-order valence-corrected chi connectivity index (χ0v) is 29.8. The summed E-state index contributed by atoms with van der Waals surface area (Å²) in [5.74, 6) is 5.80. The van der Waals surface area contributed by atoms with Gasteiger partial charge >= 0.3 is 0 Å². The fraction of sp³-hybridized carbons (Fsp3) is 0.690. The van der Waals surface area contributed by atoms with Crippen molar-refractivity contribution in [2.75, 3.05) is 11.5 Å². The van der Waals surface area contributed by atoms with Crippen LogP contribution in [0.25, 0.3) is 0 Å². The first-order valence-electron chi connectivity index (χ1n) is 19.5. The van der Waals surface area contributed by atoms with Crippen molar-refractivity contribution in [3.63, 3.8) is 0 Å². The molecule has 0 saturated heterocycles.